The summed E-state index contributed by atoms with van der Waals surface area (Å²) in [5.74, 6) is -0.183. The van der Waals surface area contributed by atoms with Gasteiger partial charge in [0.15, 0.2) is 12.1 Å². The Balaban J connectivity index is 1.82. The Labute approximate surface area is 149 Å². The third-order valence-electron chi connectivity index (χ3n) is 5.40. The van der Waals surface area contributed by atoms with Crippen molar-refractivity contribution >= 4 is 16.7 Å². The first-order chi connectivity index (χ1) is 12.6. The van der Waals surface area contributed by atoms with Gasteiger partial charge >= 0.3 is 0 Å². The van der Waals surface area contributed by atoms with E-state index in [-0.39, 0.29) is 11.3 Å². The quantitative estimate of drug-likeness (QED) is 0.732. The number of hydrogen-bond donors (Lipinski definition) is 1. The number of ether oxygens (including phenoxy) is 2. The van der Waals surface area contributed by atoms with Crippen LogP contribution < -0.4 is 5.56 Å². The van der Waals surface area contributed by atoms with Crippen LogP contribution in [0.2, 0.25) is 0 Å². The summed E-state index contributed by atoms with van der Waals surface area (Å²) in [6, 6.07) is 9.92. The van der Waals surface area contributed by atoms with Gasteiger partial charge < -0.3 is 19.0 Å². The number of H-pyrrole nitrogens is 1. The molecule has 0 spiro atoms. The number of hydrogen-bond acceptors (Lipinski definition) is 4. The summed E-state index contributed by atoms with van der Waals surface area (Å²) in [6.07, 6.45) is -0.693. The average molecular weight is 350 g/mol. The van der Waals surface area contributed by atoms with Gasteiger partial charge in [-0.15, -0.1) is 0 Å². The van der Waals surface area contributed by atoms with Crippen LogP contribution in [0.5, 0.6) is 0 Å². The molecular formula is C20H18N2O4. The molecule has 4 heterocycles. The second kappa shape index (κ2) is 5.40. The SMILES string of the molecule is COC1OC(C)C(=O)c2cc3n(c(=O)c21)CCc1c-3[nH]c2ccccc12. The summed E-state index contributed by atoms with van der Waals surface area (Å²) in [4.78, 5) is 29.2. The molecule has 3 aromatic rings. The lowest BCUT2D eigenvalue weighted by atomic mass is 9.94. The minimum atomic E-state index is -0.813. The first-order valence-electron chi connectivity index (χ1n) is 8.70. The van der Waals surface area contributed by atoms with Gasteiger partial charge in [0.2, 0.25) is 0 Å². The minimum Gasteiger partial charge on any atom is -0.353 e. The van der Waals surface area contributed by atoms with E-state index in [1.807, 2.05) is 24.3 Å². The Kier molecular flexibility index (Phi) is 3.23. The molecule has 5 rings (SSSR count). The Morgan fingerprint density at radius 1 is 1.27 bits per heavy atom. The average Bonchev–Trinajstić information content (AvgIpc) is 3.04. The van der Waals surface area contributed by atoms with E-state index in [1.54, 1.807) is 11.5 Å². The van der Waals surface area contributed by atoms with E-state index >= 15 is 0 Å². The Morgan fingerprint density at radius 2 is 2.08 bits per heavy atom. The maximum atomic E-state index is 13.1. The van der Waals surface area contributed by atoms with Crippen LogP contribution in [0, 0.1) is 0 Å². The highest BCUT2D eigenvalue weighted by atomic mass is 16.7. The molecule has 1 aromatic carbocycles. The molecule has 26 heavy (non-hydrogen) atoms. The van der Waals surface area contributed by atoms with E-state index in [0.717, 1.165) is 28.7 Å². The van der Waals surface area contributed by atoms with Crippen LogP contribution in [-0.2, 0) is 22.4 Å². The molecule has 6 nitrogen and oxygen atoms in total. The van der Waals surface area contributed by atoms with Gasteiger partial charge in [0.25, 0.3) is 5.56 Å². The highest BCUT2D eigenvalue weighted by Crippen LogP contribution is 2.37. The topological polar surface area (TPSA) is 73.3 Å². The Hall–Kier alpha value is -2.70. The zero-order chi connectivity index (χ0) is 18.0. The van der Waals surface area contributed by atoms with E-state index in [2.05, 4.69) is 11.1 Å². The molecule has 2 aromatic heterocycles. The number of nitrogens with zero attached hydrogens (tertiary/aromatic N) is 1. The van der Waals surface area contributed by atoms with E-state index in [0.29, 0.717) is 17.7 Å². The third-order valence-corrected chi connectivity index (χ3v) is 5.40. The number of fused-ring (bicyclic) bond motifs is 6. The fraction of sp³-hybridized carbons (Fsp3) is 0.300. The number of carbonyl (C=O) groups excluding carboxylic acids is 1. The number of Topliss-reactive ketones (excluding diaryl/α,β-unsaturated/α-hetero) is 1. The highest BCUT2D eigenvalue weighted by Gasteiger charge is 2.37. The molecule has 0 aliphatic carbocycles. The number of aromatic amines is 1. The molecule has 2 atom stereocenters. The molecule has 6 heteroatoms. The number of benzene rings is 1. The number of aryl methyl sites for hydroxylation is 1. The summed E-state index contributed by atoms with van der Waals surface area (Å²) in [5, 5.41) is 1.16. The third kappa shape index (κ3) is 1.94. The number of nitrogens with one attached hydrogen (secondary N) is 1. The zero-order valence-electron chi connectivity index (χ0n) is 14.5. The summed E-state index contributed by atoms with van der Waals surface area (Å²) >= 11 is 0. The molecule has 0 radical (unpaired) electrons. The lowest BCUT2D eigenvalue weighted by Crippen LogP contribution is -2.39. The van der Waals surface area contributed by atoms with Crippen molar-refractivity contribution in [3.63, 3.8) is 0 Å². The van der Waals surface area contributed by atoms with Crippen LogP contribution in [0.25, 0.3) is 22.3 Å². The van der Waals surface area contributed by atoms with Gasteiger partial charge in [0.05, 0.1) is 17.0 Å². The van der Waals surface area contributed by atoms with Gasteiger partial charge in [0, 0.05) is 30.1 Å². The molecule has 2 aliphatic heterocycles. The molecule has 0 fully saturated rings. The summed E-state index contributed by atoms with van der Waals surface area (Å²) in [5.41, 5.74) is 4.39. The summed E-state index contributed by atoms with van der Waals surface area (Å²) in [6.45, 7) is 2.25. The van der Waals surface area contributed by atoms with Crippen LogP contribution in [0.4, 0.5) is 0 Å². The zero-order valence-corrected chi connectivity index (χ0v) is 14.5. The number of rotatable bonds is 1. The first-order valence-corrected chi connectivity index (χ1v) is 8.70. The predicted molar refractivity (Wildman–Crippen MR) is 96.3 cm³/mol. The van der Waals surface area contributed by atoms with Crippen LogP contribution in [0.1, 0.15) is 34.7 Å². The number of methoxy groups -OCH3 is 1. The molecular weight excluding hydrogens is 332 g/mol. The fourth-order valence-electron chi connectivity index (χ4n) is 4.13. The standard InChI is InChI=1S/C20H18N2O4/c1-10-18(23)13-9-15-17-12(11-5-3-4-6-14(11)21-17)7-8-22(15)19(24)16(13)20(25-2)26-10/h3-6,9-10,20-21H,7-8H2,1-2H3. The van der Waals surface area contributed by atoms with E-state index < -0.39 is 12.4 Å². The molecule has 132 valence electrons. The van der Waals surface area contributed by atoms with Crippen molar-refractivity contribution < 1.29 is 14.3 Å². The molecule has 0 bridgehead atoms. The van der Waals surface area contributed by atoms with Crippen molar-refractivity contribution in [1.29, 1.82) is 0 Å². The van der Waals surface area contributed by atoms with Crippen molar-refractivity contribution in [2.75, 3.05) is 7.11 Å². The van der Waals surface area contributed by atoms with Gasteiger partial charge in [-0.2, -0.15) is 0 Å². The minimum absolute atomic E-state index is 0.183. The van der Waals surface area contributed by atoms with Gasteiger partial charge in [-0.1, -0.05) is 18.2 Å². The number of aromatic nitrogens is 2. The smallest absolute Gasteiger partial charge is 0.260 e. The Bertz CT molecular complexity index is 1120. The molecule has 0 amide bonds. The summed E-state index contributed by atoms with van der Waals surface area (Å²) < 4.78 is 12.6. The fourth-order valence-corrected chi connectivity index (χ4v) is 4.13. The van der Waals surface area contributed by atoms with Crippen LogP contribution >= 0.6 is 0 Å². The van der Waals surface area contributed by atoms with Crippen LogP contribution in [0.15, 0.2) is 35.1 Å². The van der Waals surface area contributed by atoms with Gasteiger partial charge in [0.1, 0.15) is 6.10 Å². The molecule has 1 N–H and O–H groups in total. The molecule has 2 aliphatic rings. The van der Waals surface area contributed by atoms with Crippen LogP contribution in [-0.4, -0.2) is 28.5 Å². The lowest BCUT2D eigenvalue weighted by Gasteiger charge is -2.30. The second-order valence-electron chi connectivity index (χ2n) is 6.80. The summed E-state index contributed by atoms with van der Waals surface area (Å²) in [7, 11) is 1.48. The van der Waals surface area contributed by atoms with Crippen molar-refractivity contribution in [3.05, 3.63) is 57.4 Å². The largest absolute Gasteiger partial charge is 0.353 e. The van der Waals surface area contributed by atoms with Gasteiger partial charge in [-0.25, -0.2) is 0 Å². The van der Waals surface area contributed by atoms with Crippen molar-refractivity contribution in [2.45, 2.75) is 32.3 Å². The van der Waals surface area contributed by atoms with Gasteiger partial charge in [-0.05, 0) is 31.0 Å². The molecule has 0 saturated carbocycles. The molecule has 0 saturated heterocycles. The number of carbonyl (C=O) groups is 1. The number of ketones is 1. The van der Waals surface area contributed by atoms with Crippen molar-refractivity contribution in [2.24, 2.45) is 0 Å². The Morgan fingerprint density at radius 3 is 2.88 bits per heavy atom. The number of para-hydroxylation sites is 1. The first kappa shape index (κ1) is 15.5. The van der Waals surface area contributed by atoms with E-state index in [4.69, 9.17) is 9.47 Å². The monoisotopic (exact) mass is 350 g/mol. The normalized spacial score (nSPS) is 21.4. The number of pyridine rings is 1. The lowest BCUT2D eigenvalue weighted by molar-refractivity contribution is -0.150. The maximum Gasteiger partial charge on any atom is 0.260 e. The van der Waals surface area contributed by atoms with Crippen molar-refractivity contribution in [1.82, 2.24) is 9.55 Å². The second-order valence-corrected chi connectivity index (χ2v) is 6.80. The van der Waals surface area contributed by atoms with E-state index in [9.17, 15) is 9.59 Å². The van der Waals surface area contributed by atoms with Crippen LogP contribution in [0.3, 0.4) is 0 Å². The predicted octanol–water partition coefficient (Wildman–Crippen LogP) is 2.80. The highest BCUT2D eigenvalue weighted by molar-refractivity contribution is 6.02. The molecule has 2 unspecified atom stereocenters. The van der Waals surface area contributed by atoms with E-state index in [1.165, 1.54) is 12.7 Å². The maximum absolute atomic E-state index is 13.1. The van der Waals surface area contributed by atoms with Gasteiger partial charge in [-0.3, -0.25) is 9.59 Å². The van der Waals surface area contributed by atoms with Crippen molar-refractivity contribution in [3.8, 4) is 11.4 Å².